The molecule has 3 nitrogen and oxygen atoms in total. The number of hydrogen-bond acceptors (Lipinski definition) is 2. The molecule has 0 saturated carbocycles. The third-order valence-corrected chi connectivity index (χ3v) is 2.92. The van der Waals surface area contributed by atoms with Gasteiger partial charge in [0.25, 0.3) is 0 Å². The van der Waals surface area contributed by atoms with E-state index >= 15 is 0 Å². The van der Waals surface area contributed by atoms with Crippen LogP contribution in [0.3, 0.4) is 0 Å². The van der Waals surface area contributed by atoms with Crippen LogP contribution in [0.2, 0.25) is 0 Å². The fraction of sp³-hybridized carbons (Fsp3) is 0.182. The summed E-state index contributed by atoms with van der Waals surface area (Å²) in [5, 5.41) is 0. The number of halogens is 1. The van der Waals surface area contributed by atoms with Crippen molar-refractivity contribution in [3.8, 4) is 5.69 Å². The molecule has 1 unspecified atom stereocenters. The molecule has 0 fully saturated rings. The SMILES string of the molecule is CC(N)c1cncn1-c1ccccc1Br. The minimum Gasteiger partial charge on any atom is -0.323 e. The number of imidazole rings is 1. The number of nitrogens with two attached hydrogens (primary N) is 1. The van der Waals surface area contributed by atoms with Gasteiger partial charge in [0.15, 0.2) is 0 Å². The van der Waals surface area contributed by atoms with Crippen LogP contribution in [0.1, 0.15) is 18.7 Å². The van der Waals surface area contributed by atoms with Crippen molar-refractivity contribution in [2.24, 2.45) is 5.73 Å². The largest absolute Gasteiger partial charge is 0.323 e. The average molecular weight is 266 g/mol. The summed E-state index contributed by atoms with van der Waals surface area (Å²) in [6, 6.07) is 7.97. The average Bonchev–Trinajstić information content (AvgIpc) is 2.67. The Morgan fingerprint density at radius 2 is 2.13 bits per heavy atom. The van der Waals surface area contributed by atoms with Crippen LogP contribution in [0.5, 0.6) is 0 Å². The monoisotopic (exact) mass is 265 g/mol. The fourth-order valence-electron chi connectivity index (χ4n) is 1.49. The van der Waals surface area contributed by atoms with Crippen LogP contribution in [0.4, 0.5) is 0 Å². The zero-order valence-electron chi connectivity index (χ0n) is 8.39. The van der Waals surface area contributed by atoms with E-state index in [1.54, 1.807) is 12.5 Å². The number of hydrogen-bond donors (Lipinski definition) is 1. The highest BCUT2D eigenvalue weighted by atomic mass is 79.9. The third-order valence-electron chi connectivity index (χ3n) is 2.25. The molecule has 0 aliphatic rings. The van der Waals surface area contributed by atoms with Crippen LogP contribution in [-0.4, -0.2) is 9.55 Å². The maximum atomic E-state index is 5.87. The molecule has 0 aliphatic carbocycles. The highest BCUT2D eigenvalue weighted by molar-refractivity contribution is 9.10. The van der Waals surface area contributed by atoms with Crippen molar-refractivity contribution in [2.75, 3.05) is 0 Å². The molecule has 4 heteroatoms. The lowest BCUT2D eigenvalue weighted by Crippen LogP contribution is -2.10. The van der Waals surface area contributed by atoms with Crippen LogP contribution in [0, 0.1) is 0 Å². The van der Waals surface area contributed by atoms with Gasteiger partial charge in [0.05, 0.1) is 23.9 Å². The maximum absolute atomic E-state index is 5.87. The van der Waals surface area contributed by atoms with E-state index in [1.165, 1.54) is 0 Å². The molecular formula is C11H12BrN3. The van der Waals surface area contributed by atoms with E-state index in [0.29, 0.717) is 0 Å². The summed E-state index contributed by atoms with van der Waals surface area (Å²) in [4.78, 5) is 4.12. The third kappa shape index (κ3) is 1.96. The van der Waals surface area contributed by atoms with E-state index in [2.05, 4.69) is 20.9 Å². The van der Waals surface area contributed by atoms with Crippen molar-refractivity contribution in [3.05, 3.63) is 47.0 Å². The summed E-state index contributed by atoms with van der Waals surface area (Å²) >= 11 is 3.51. The molecule has 0 bridgehead atoms. The lowest BCUT2D eigenvalue weighted by Gasteiger charge is -2.11. The molecule has 1 atom stereocenters. The van der Waals surface area contributed by atoms with E-state index in [4.69, 9.17) is 5.73 Å². The Morgan fingerprint density at radius 3 is 2.80 bits per heavy atom. The van der Waals surface area contributed by atoms with Gasteiger partial charge in [-0.15, -0.1) is 0 Å². The van der Waals surface area contributed by atoms with E-state index in [0.717, 1.165) is 15.9 Å². The summed E-state index contributed by atoms with van der Waals surface area (Å²) in [6.07, 6.45) is 3.57. The van der Waals surface area contributed by atoms with E-state index in [-0.39, 0.29) is 6.04 Å². The zero-order chi connectivity index (χ0) is 10.8. The first kappa shape index (κ1) is 10.4. The Morgan fingerprint density at radius 1 is 1.40 bits per heavy atom. The Hall–Kier alpha value is -1.13. The molecule has 78 valence electrons. The van der Waals surface area contributed by atoms with Crippen LogP contribution >= 0.6 is 15.9 Å². The summed E-state index contributed by atoms with van der Waals surface area (Å²) in [5.41, 5.74) is 7.93. The van der Waals surface area contributed by atoms with Gasteiger partial charge in [-0.05, 0) is 35.0 Å². The first-order valence-corrected chi connectivity index (χ1v) is 5.52. The standard InChI is InChI=1S/C11H12BrN3/c1-8(13)11-6-14-7-15(11)10-5-3-2-4-9(10)12/h2-8H,13H2,1H3. The van der Waals surface area contributed by atoms with Gasteiger partial charge < -0.3 is 10.3 Å². The molecule has 0 saturated heterocycles. The fourth-order valence-corrected chi connectivity index (χ4v) is 1.97. The number of nitrogens with zero attached hydrogens (tertiary/aromatic N) is 2. The summed E-state index contributed by atoms with van der Waals surface area (Å²) in [5.74, 6) is 0. The molecule has 1 aromatic carbocycles. The molecule has 0 radical (unpaired) electrons. The van der Waals surface area contributed by atoms with Crippen LogP contribution in [-0.2, 0) is 0 Å². The summed E-state index contributed by atoms with van der Waals surface area (Å²) in [6.45, 7) is 1.95. The topological polar surface area (TPSA) is 43.8 Å². The van der Waals surface area contributed by atoms with Crippen molar-refractivity contribution >= 4 is 15.9 Å². The normalized spacial score (nSPS) is 12.7. The molecule has 0 spiro atoms. The van der Waals surface area contributed by atoms with E-state index in [9.17, 15) is 0 Å². The number of para-hydroxylation sites is 1. The Kier molecular flexibility index (Phi) is 2.88. The smallest absolute Gasteiger partial charge is 0.0995 e. The number of benzene rings is 1. The van der Waals surface area contributed by atoms with Gasteiger partial charge in [-0.3, -0.25) is 0 Å². The number of aromatic nitrogens is 2. The number of rotatable bonds is 2. The second-order valence-electron chi connectivity index (χ2n) is 3.43. The molecule has 2 rings (SSSR count). The second kappa shape index (κ2) is 4.16. The predicted molar refractivity (Wildman–Crippen MR) is 63.9 cm³/mol. The highest BCUT2D eigenvalue weighted by Crippen LogP contribution is 2.23. The van der Waals surface area contributed by atoms with Crippen molar-refractivity contribution in [1.82, 2.24) is 9.55 Å². The quantitative estimate of drug-likeness (QED) is 0.908. The zero-order valence-corrected chi connectivity index (χ0v) is 9.98. The van der Waals surface area contributed by atoms with Crippen LogP contribution in [0.15, 0.2) is 41.3 Å². The van der Waals surface area contributed by atoms with Crippen LogP contribution < -0.4 is 5.73 Å². The summed E-state index contributed by atoms with van der Waals surface area (Å²) < 4.78 is 3.03. The first-order chi connectivity index (χ1) is 7.20. The van der Waals surface area contributed by atoms with Gasteiger partial charge in [-0.25, -0.2) is 4.98 Å². The minimum atomic E-state index is -0.0281. The Bertz CT molecular complexity index is 462. The van der Waals surface area contributed by atoms with E-state index < -0.39 is 0 Å². The van der Waals surface area contributed by atoms with Crippen molar-refractivity contribution in [3.63, 3.8) is 0 Å². The van der Waals surface area contributed by atoms with E-state index in [1.807, 2.05) is 35.8 Å². The molecule has 0 aliphatic heterocycles. The Balaban J connectivity index is 2.55. The lowest BCUT2D eigenvalue weighted by molar-refractivity contribution is 0.751. The molecule has 1 aromatic heterocycles. The molecule has 1 heterocycles. The molecule has 0 amide bonds. The summed E-state index contributed by atoms with van der Waals surface area (Å²) in [7, 11) is 0. The van der Waals surface area contributed by atoms with Gasteiger partial charge >= 0.3 is 0 Å². The highest BCUT2D eigenvalue weighted by Gasteiger charge is 2.09. The van der Waals surface area contributed by atoms with Crippen molar-refractivity contribution in [1.29, 1.82) is 0 Å². The van der Waals surface area contributed by atoms with Crippen LogP contribution in [0.25, 0.3) is 5.69 Å². The van der Waals surface area contributed by atoms with Gasteiger partial charge in [-0.1, -0.05) is 12.1 Å². The van der Waals surface area contributed by atoms with Crippen molar-refractivity contribution < 1.29 is 0 Å². The minimum absolute atomic E-state index is 0.0281. The molecule has 2 N–H and O–H groups in total. The van der Waals surface area contributed by atoms with Gasteiger partial charge in [0, 0.05) is 10.5 Å². The van der Waals surface area contributed by atoms with Gasteiger partial charge in [-0.2, -0.15) is 0 Å². The Labute approximate surface area is 97.1 Å². The molecule has 15 heavy (non-hydrogen) atoms. The molecule has 2 aromatic rings. The van der Waals surface area contributed by atoms with Crippen molar-refractivity contribution in [2.45, 2.75) is 13.0 Å². The van der Waals surface area contributed by atoms with Gasteiger partial charge in [0.2, 0.25) is 0 Å². The molecular weight excluding hydrogens is 254 g/mol. The first-order valence-electron chi connectivity index (χ1n) is 4.73. The predicted octanol–water partition coefficient (Wildman–Crippen LogP) is 2.65. The maximum Gasteiger partial charge on any atom is 0.0995 e. The lowest BCUT2D eigenvalue weighted by atomic mass is 10.2. The second-order valence-corrected chi connectivity index (χ2v) is 4.28. The van der Waals surface area contributed by atoms with Gasteiger partial charge in [0.1, 0.15) is 0 Å².